The van der Waals surface area contributed by atoms with Gasteiger partial charge in [0.1, 0.15) is 18.1 Å². The summed E-state index contributed by atoms with van der Waals surface area (Å²) in [4.78, 5) is 12.9. The molecule has 0 radical (unpaired) electrons. The Morgan fingerprint density at radius 3 is 3.00 bits per heavy atom. The van der Waals surface area contributed by atoms with Gasteiger partial charge in [-0.05, 0) is 36.6 Å². The highest BCUT2D eigenvalue weighted by atomic mass is 35.5. The number of nitrogens with two attached hydrogens (primary N) is 1. The summed E-state index contributed by atoms with van der Waals surface area (Å²) in [7, 11) is 0. The minimum Gasteiger partial charge on any atom is -0.342 e. The van der Waals surface area contributed by atoms with Crippen LogP contribution < -0.4 is 11.1 Å². The van der Waals surface area contributed by atoms with Crippen molar-refractivity contribution in [2.45, 2.75) is 31.7 Å². The van der Waals surface area contributed by atoms with E-state index >= 15 is 0 Å². The Labute approximate surface area is 159 Å². The summed E-state index contributed by atoms with van der Waals surface area (Å²) in [5.41, 5.74) is 7.50. The number of anilines is 2. The number of imidazole rings is 1. The molecule has 3 heterocycles. The number of benzene rings is 1. The number of halogens is 2. The Morgan fingerprint density at radius 2 is 2.26 bits per heavy atom. The molecule has 0 bridgehead atoms. The third kappa shape index (κ3) is 3.21. The van der Waals surface area contributed by atoms with Crippen LogP contribution in [0.3, 0.4) is 0 Å². The fourth-order valence-corrected chi connectivity index (χ4v) is 3.31. The number of ether oxygens (including phenoxy) is 1. The Balaban J connectivity index is 1.75. The maximum Gasteiger partial charge on any atom is 0.226 e. The number of nitrogens with one attached hydrogen (secondary N) is 1. The number of aromatic nitrogens is 4. The van der Waals surface area contributed by atoms with E-state index in [1.807, 2.05) is 0 Å². The van der Waals surface area contributed by atoms with E-state index in [1.165, 1.54) is 6.07 Å². The van der Waals surface area contributed by atoms with Crippen LogP contribution in [0.15, 0.2) is 24.5 Å². The van der Waals surface area contributed by atoms with E-state index in [4.69, 9.17) is 28.5 Å². The van der Waals surface area contributed by atoms with Crippen molar-refractivity contribution in [3.05, 3.63) is 41.2 Å². The second kappa shape index (κ2) is 7.12. The molecule has 0 spiro atoms. The highest BCUT2D eigenvalue weighted by Crippen LogP contribution is 2.33. The van der Waals surface area contributed by atoms with Crippen LogP contribution in [-0.2, 0) is 11.3 Å². The van der Waals surface area contributed by atoms with Gasteiger partial charge < -0.3 is 15.8 Å². The third-order valence-corrected chi connectivity index (χ3v) is 4.63. The number of fused-ring (bicyclic) bond motifs is 1. The van der Waals surface area contributed by atoms with Gasteiger partial charge in [-0.2, -0.15) is 9.97 Å². The quantitative estimate of drug-likeness (QED) is 0.528. The molecule has 1 aliphatic heterocycles. The SMILES string of the molecule is C#CC1CCC(n2cnc3c(Nc4cccc(F)c4CN)nc(Cl)nc32)O1. The van der Waals surface area contributed by atoms with E-state index in [0.29, 0.717) is 28.2 Å². The summed E-state index contributed by atoms with van der Waals surface area (Å²) in [6.45, 7) is 0.0365. The minimum atomic E-state index is -0.399. The van der Waals surface area contributed by atoms with E-state index in [-0.39, 0.29) is 24.2 Å². The zero-order valence-corrected chi connectivity index (χ0v) is 14.9. The molecule has 0 aliphatic carbocycles. The molecule has 1 fully saturated rings. The fourth-order valence-electron chi connectivity index (χ4n) is 3.15. The minimum absolute atomic E-state index is 0.0314. The van der Waals surface area contributed by atoms with Crippen molar-refractivity contribution in [2.75, 3.05) is 5.32 Å². The molecule has 27 heavy (non-hydrogen) atoms. The molecule has 0 saturated carbocycles. The van der Waals surface area contributed by atoms with Crippen molar-refractivity contribution in [1.29, 1.82) is 0 Å². The predicted molar refractivity (Wildman–Crippen MR) is 99.9 cm³/mol. The summed E-state index contributed by atoms with van der Waals surface area (Å²) in [5.74, 6) is 2.56. The normalized spacial score (nSPS) is 19.3. The summed E-state index contributed by atoms with van der Waals surface area (Å²) in [5, 5.41) is 3.10. The smallest absolute Gasteiger partial charge is 0.226 e. The number of hydrogen-bond donors (Lipinski definition) is 2. The highest BCUT2D eigenvalue weighted by Gasteiger charge is 2.27. The number of nitrogens with zero attached hydrogens (tertiary/aromatic N) is 4. The summed E-state index contributed by atoms with van der Waals surface area (Å²) < 4.78 is 21.6. The molecular weight excluding hydrogens is 371 g/mol. The van der Waals surface area contributed by atoms with E-state index in [1.54, 1.807) is 23.0 Å². The molecule has 1 aromatic carbocycles. The fraction of sp³-hybridized carbons (Fsp3) is 0.278. The first-order valence-electron chi connectivity index (χ1n) is 8.37. The maximum atomic E-state index is 14.0. The van der Waals surface area contributed by atoms with Gasteiger partial charge in [-0.1, -0.05) is 12.0 Å². The molecule has 1 aliphatic rings. The molecule has 0 amide bonds. The first-order valence-corrected chi connectivity index (χ1v) is 8.74. The topological polar surface area (TPSA) is 90.9 Å². The predicted octanol–water partition coefficient (Wildman–Crippen LogP) is 3.13. The van der Waals surface area contributed by atoms with Crippen molar-refractivity contribution in [3.63, 3.8) is 0 Å². The van der Waals surface area contributed by atoms with Gasteiger partial charge in [-0.25, -0.2) is 9.37 Å². The molecule has 2 unspecified atom stereocenters. The van der Waals surface area contributed by atoms with Crippen molar-refractivity contribution >= 4 is 34.3 Å². The molecule has 3 N–H and O–H groups in total. The van der Waals surface area contributed by atoms with E-state index in [2.05, 4.69) is 26.2 Å². The van der Waals surface area contributed by atoms with Gasteiger partial charge in [0.2, 0.25) is 5.28 Å². The lowest BCUT2D eigenvalue weighted by Crippen LogP contribution is -2.10. The Kier molecular flexibility index (Phi) is 4.66. The van der Waals surface area contributed by atoms with Gasteiger partial charge in [0.05, 0.1) is 6.33 Å². The summed E-state index contributed by atoms with van der Waals surface area (Å²) in [6, 6.07) is 4.65. The van der Waals surface area contributed by atoms with Crippen LogP contribution in [0.5, 0.6) is 0 Å². The van der Waals surface area contributed by atoms with Gasteiger partial charge in [-0.3, -0.25) is 4.57 Å². The molecule has 2 aromatic heterocycles. The van der Waals surface area contributed by atoms with Crippen LogP contribution in [0.2, 0.25) is 5.28 Å². The van der Waals surface area contributed by atoms with Gasteiger partial charge in [0, 0.05) is 17.8 Å². The Bertz CT molecular complexity index is 1050. The van der Waals surface area contributed by atoms with Crippen molar-refractivity contribution in [3.8, 4) is 12.3 Å². The first kappa shape index (κ1) is 17.7. The van der Waals surface area contributed by atoms with Crippen LogP contribution in [0.25, 0.3) is 11.2 Å². The maximum absolute atomic E-state index is 14.0. The van der Waals surface area contributed by atoms with Gasteiger partial charge in [0.25, 0.3) is 0 Å². The zero-order chi connectivity index (χ0) is 19.0. The monoisotopic (exact) mass is 386 g/mol. The van der Waals surface area contributed by atoms with Crippen LogP contribution in [-0.4, -0.2) is 25.6 Å². The summed E-state index contributed by atoms with van der Waals surface area (Å²) in [6.07, 6.45) is 8.04. The average Bonchev–Trinajstić information content (AvgIpc) is 3.28. The molecule has 1 saturated heterocycles. The van der Waals surface area contributed by atoms with Crippen molar-refractivity contribution < 1.29 is 9.13 Å². The number of rotatable bonds is 4. The second-order valence-electron chi connectivity index (χ2n) is 6.08. The van der Waals surface area contributed by atoms with Crippen LogP contribution in [0.1, 0.15) is 24.6 Å². The average molecular weight is 387 g/mol. The molecule has 4 rings (SSSR count). The molecule has 9 heteroatoms. The van der Waals surface area contributed by atoms with Crippen LogP contribution in [0, 0.1) is 18.2 Å². The lowest BCUT2D eigenvalue weighted by molar-refractivity contribution is 0.0300. The molecular formula is C18H16ClFN6O. The van der Waals surface area contributed by atoms with Crippen molar-refractivity contribution in [1.82, 2.24) is 19.5 Å². The second-order valence-corrected chi connectivity index (χ2v) is 6.42. The lowest BCUT2D eigenvalue weighted by Gasteiger charge is -2.14. The van der Waals surface area contributed by atoms with Gasteiger partial charge >= 0.3 is 0 Å². The Morgan fingerprint density at radius 1 is 1.41 bits per heavy atom. The third-order valence-electron chi connectivity index (χ3n) is 4.46. The van der Waals surface area contributed by atoms with Crippen LogP contribution >= 0.6 is 11.6 Å². The van der Waals surface area contributed by atoms with Gasteiger partial charge in [0.15, 0.2) is 17.0 Å². The molecule has 7 nitrogen and oxygen atoms in total. The van der Waals surface area contributed by atoms with E-state index < -0.39 is 5.82 Å². The summed E-state index contributed by atoms with van der Waals surface area (Å²) >= 11 is 6.11. The molecule has 2 atom stereocenters. The molecule has 138 valence electrons. The lowest BCUT2D eigenvalue weighted by atomic mass is 10.1. The standard InChI is InChI=1S/C18H16ClFN6O/c1-2-10-6-7-14(27-10)26-9-22-15-16(24-18(19)25-17(15)26)23-13-5-3-4-12(20)11(13)8-21/h1,3-5,9-10,14H,6-8,21H2,(H,23,24,25). The zero-order valence-electron chi connectivity index (χ0n) is 14.2. The van der Waals surface area contributed by atoms with E-state index in [9.17, 15) is 4.39 Å². The van der Waals surface area contributed by atoms with Crippen molar-refractivity contribution in [2.24, 2.45) is 5.73 Å². The first-order chi connectivity index (χ1) is 13.1. The number of hydrogen-bond acceptors (Lipinski definition) is 6. The van der Waals surface area contributed by atoms with Gasteiger partial charge in [-0.15, -0.1) is 6.42 Å². The van der Waals surface area contributed by atoms with Crippen LogP contribution in [0.4, 0.5) is 15.9 Å². The highest BCUT2D eigenvalue weighted by molar-refractivity contribution is 6.28. The largest absolute Gasteiger partial charge is 0.342 e. The van der Waals surface area contributed by atoms with E-state index in [0.717, 1.165) is 12.8 Å². The molecule has 3 aromatic rings. The Hall–Kier alpha value is -2.73. The number of terminal acetylenes is 1.